The number of hydrogen-bond acceptors (Lipinski definition) is 2. The lowest BCUT2D eigenvalue weighted by Gasteiger charge is -2.18. The van der Waals surface area contributed by atoms with Gasteiger partial charge in [0.05, 0.1) is 51.9 Å². The molecule has 230 valence electrons. The molecular weight excluding hydrogens is 611 g/mol. The minimum absolute atomic E-state index is 0.554. The van der Waals surface area contributed by atoms with Crippen LogP contribution in [0, 0.1) is 29.2 Å². The van der Waals surface area contributed by atoms with Gasteiger partial charge in [-0.1, -0.05) is 84.9 Å². The number of nitriles is 2. The number of nitrogens with zero attached hydrogens (tertiary/aromatic N) is 5. The molecule has 0 aliphatic rings. The molecule has 5 heteroatoms. The zero-order valence-electron chi connectivity index (χ0n) is 26.7. The second kappa shape index (κ2) is 11.4. The molecule has 0 aliphatic carbocycles. The third kappa shape index (κ3) is 4.38. The second-order valence-corrected chi connectivity index (χ2v) is 12.3. The van der Waals surface area contributed by atoms with Crippen LogP contribution < -0.4 is 0 Å². The highest BCUT2D eigenvalue weighted by molar-refractivity contribution is 6.11. The van der Waals surface area contributed by atoms with Crippen LogP contribution in [-0.2, 0) is 0 Å². The van der Waals surface area contributed by atoms with Crippen molar-refractivity contribution in [3.8, 4) is 45.8 Å². The van der Waals surface area contributed by atoms with Crippen molar-refractivity contribution in [2.75, 3.05) is 0 Å². The second-order valence-electron chi connectivity index (χ2n) is 12.3. The summed E-state index contributed by atoms with van der Waals surface area (Å²) in [5, 5.41) is 24.0. The zero-order chi connectivity index (χ0) is 33.8. The minimum atomic E-state index is 0.554. The van der Waals surface area contributed by atoms with Gasteiger partial charge in [-0.2, -0.15) is 10.5 Å². The van der Waals surface area contributed by atoms with Gasteiger partial charge in [0.15, 0.2) is 5.69 Å². The summed E-state index contributed by atoms with van der Waals surface area (Å²) in [4.78, 5) is 3.81. The summed E-state index contributed by atoms with van der Waals surface area (Å²) < 4.78 is 4.48. The average molecular weight is 636 g/mol. The van der Waals surface area contributed by atoms with Crippen LogP contribution in [0.3, 0.4) is 0 Å². The molecule has 5 nitrogen and oxygen atoms in total. The highest BCUT2D eigenvalue weighted by Gasteiger charge is 2.19. The number of aromatic nitrogens is 2. The van der Waals surface area contributed by atoms with Crippen LogP contribution in [0.25, 0.3) is 82.1 Å². The Labute approximate surface area is 288 Å². The maximum absolute atomic E-state index is 9.98. The van der Waals surface area contributed by atoms with Gasteiger partial charge in [-0.25, -0.2) is 4.85 Å². The highest BCUT2D eigenvalue weighted by Crippen LogP contribution is 2.42. The van der Waals surface area contributed by atoms with Crippen LogP contribution in [-0.4, -0.2) is 9.13 Å². The van der Waals surface area contributed by atoms with Crippen LogP contribution in [0.5, 0.6) is 0 Å². The van der Waals surface area contributed by atoms with Crippen LogP contribution in [0.4, 0.5) is 5.69 Å². The predicted octanol–water partition coefficient (Wildman–Crippen LogP) is 11.5. The third-order valence-electron chi connectivity index (χ3n) is 9.61. The van der Waals surface area contributed by atoms with Crippen LogP contribution >= 0.6 is 0 Å². The summed E-state index contributed by atoms with van der Waals surface area (Å²) in [7, 11) is 0. The van der Waals surface area contributed by atoms with Crippen molar-refractivity contribution in [3.63, 3.8) is 0 Å². The molecule has 9 aromatic rings. The summed E-state index contributed by atoms with van der Waals surface area (Å²) in [6.45, 7) is 7.86. The standard InChI is InChI=1S/C45H25N5/c1-48-32-18-22-38(45(26-32)50-42-12-6-2-8-35(42)36-9-3-7-13-43(36)50)34-21-14-29(27-46)24-39(34)31-16-19-33(20-17-31)49-41-11-5-4-10-37(41)40-25-30(28-47)15-23-44(40)49/h2-26H. The highest BCUT2D eigenvalue weighted by atomic mass is 15.0. The lowest BCUT2D eigenvalue weighted by molar-refractivity contribution is 1.18. The van der Waals surface area contributed by atoms with E-state index in [1.807, 2.05) is 78.9 Å². The van der Waals surface area contributed by atoms with E-state index in [1.54, 1.807) is 0 Å². The van der Waals surface area contributed by atoms with E-state index in [0.29, 0.717) is 16.8 Å². The fourth-order valence-electron chi connectivity index (χ4n) is 7.38. The normalized spacial score (nSPS) is 11.1. The van der Waals surface area contributed by atoms with Gasteiger partial charge in [0, 0.05) is 38.5 Å². The van der Waals surface area contributed by atoms with E-state index >= 15 is 0 Å². The third-order valence-corrected chi connectivity index (χ3v) is 9.61. The molecule has 0 amide bonds. The Hall–Kier alpha value is -7.39. The van der Waals surface area contributed by atoms with Gasteiger partial charge in [-0.05, 0) is 83.4 Å². The molecule has 0 bridgehead atoms. The van der Waals surface area contributed by atoms with Gasteiger partial charge in [0.1, 0.15) is 0 Å². The van der Waals surface area contributed by atoms with Crippen LogP contribution in [0.2, 0.25) is 0 Å². The van der Waals surface area contributed by atoms with Crippen molar-refractivity contribution >= 4 is 49.3 Å². The number of para-hydroxylation sites is 3. The van der Waals surface area contributed by atoms with Crippen molar-refractivity contribution < 1.29 is 0 Å². The quantitative estimate of drug-likeness (QED) is 0.181. The van der Waals surface area contributed by atoms with E-state index in [0.717, 1.165) is 77.2 Å². The summed E-state index contributed by atoms with van der Waals surface area (Å²) in [6.07, 6.45) is 0. The molecule has 0 saturated carbocycles. The SMILES string of the molecule is [C-]#[N+]c1ccc(-c2ccc(C#N)cc2-c2ccc(-n3c4ccccc4c4cc(C#N)ccc43)cc2)c(-n2c3ccccc3c3ccccc32)c1. The Morgan fingerprint density at radius 1 is 0.460 bits per heavy atom. The zero-order valence-corrected chi connectivity index (χ0v) is 26.7. The Morgan fingerprint density at radius 2 is 1.00 bits per heavy atom. The van der Waals surface area contributed by atoms with Gasteiger partial charge in [-0.15, -0.1) is 0 Å². The predicted molar refractivity (Wildman–Crippen MR) is 202 cm³/mol. The maximum Gasteiger partial charge on any atom is 0.189 e. The molecule has 0 unspecified atom stereocenters. The molecule has 9 rings (SSSR count). The van der Waals surface area contributed by atoms with E-state index in [1.165, 1.54) is 0 Å². The number of rotatable bonds is 4. The molecule has 0 radical (unpaired) electrons. The lowest BCUT2D eigenvalue weighted by atomic mass is 9.91. The number of benzene rings is 7. The summed E-state index contributed by atoms with van der Waals surface area (Å²) in [5.74, 6) is 0. The summed E-state index contributed by atoms with van der Waals surface area (Å²) in [5.41, 5.74) is 11.7. The van der Waals surface area contributed by atoms with Gasteiger partial charge >= 0.3 is 0 Å². The topological polar surface area (TPSA) is 61.8 Å². The van der Waals surface area contributed by atoms with E-state index in [2.05, 4.69) is 98.9 Å². The van der Waals surface area contributed by atoms with Crippen LogP contribution in [0.1, 0.15) is 11.1 Å². The Kier molecular flexibility index (Phi) is 6.56. The average Bonchev–Trinajstić information content (AvgIpc) is 3.70. The van der Waals surface area contributed by atoms with Gasteiger partial charge in [0.2, 0.25) is 0 Å². The number of fused-ring (bicyclic) bond motifs is 6. The molecule has 2 aromatic heterocycles. The maximum atomic E-state index is 9.98. The molecule has 0 N–H and O–H groups in total. The molecule has 2 heterocycles. The summed E-state index contributed by atoms with van der Waals surface area (Å²) >= 11 is 0. The molecular formula is C45H25N5. The smallest absolute Gasteiger partial charge is 0.189 e. The summed E-state index contributed by atoms with van der Waals surface area (Å²) in [6, 6.07) is 55.5. The van der Waals surface area contributed by atoms with Crippen molar-refractivity contribution in [2.45, 2.75) is 0 Å². The Balaban J connectivity index is 1.25. The van der Waals surface area contributed by atoms with Crippen molar-refractivity contribution in [2.24, 2.45) is 0 Å². The molecule has 0 aliphatic heterocycles. The van der Waals surface area contributed by atoms with E-state index in [4.69, 9.17) is 6.57 Å². The van der Waals surface area contributed by atoms with Gasteiger partial charge < -0.3 is 9.13 Å². The first kappa shape index (κ1) is 28.8. The first-order chi connectivity index (χ1) is 24.7. The first-order valence-corrected chi connectivity index (χ1v) is 16.3. The van der Waals surface area contributed by atoms with Gasteiger partial charge in [-0.3, -0.25) is 0 Å². The minimum Gasteiger partial charge on any atom is -0.310 e. The number of hydrogen-bond donors (Lipinski definition) is 0. The molecule has 0 atom stereocenters. The van der Waals surface area contributed by atoms with Gasteiger partial charge in [0.25, 0.3) is 0 Å². The molecule has 50 heavy (non-hydrogen) atoms. The fourth-order valence-corrected chi connectivity index (χ4v) is 7.38. The van der Waals surface area contributed by atoms with E-state index < -0.39 is 0 Å². The van der Waals surface area contributed by atoms with E-state index in [9.17, 15) is 10.5 Å². The van der Waals surface area contributed by atoms with Crippen LogP contribution in [0.15, 0.2) is 152 Å². The lowest BCUT2D eigenvalue weighted by Crippen LogP contribution is -1.99. The molecule has 7 aromatic carbocycles. The molecule has 0 spiro atoms. The largest absolute Gasteiger partial charge is 0.310 e. The first-order valence-electron chi connectivity index (χ1n) is 16.3. The van der Waals surface area contributed by atoms with E-state index in [-0.39, 0.29) is 0 Å². The monoisotopic (exact) mass is 635 g/mol. The van der Waals surface area contributed by atoms with Crippen molar-refractivity contribution in [1.82, 2.24) is 9.13 Å². The molecule has 0 fully saturated rings. The molecule has 0 saturated heterocycles. The Morgan fingerprint density at radius 3 is 1.64 bits per heavy atom. The fraction of sp³-hybridized carbons (Fsp3) is 0. The van der Waals surface area contributed by atoms with Crippen molar-refractivity contribution in [1.29, 1.82) is 10.5 Å². The van der Waals surface area contributed by atoms with Crippen molar-refractivity contribution in [3.05, 3.63) is 174 Å². The Bertz CT molecular complexity index is 2900.